The Balaban J connectivity index is 1.50. The lowest BCUT2D eigenvalue weighted by atomic mass is 10.1. The van der Waals surface area contributed by atoms with Crippen LogP contribution in [0.15, 0.2) is 64.5 Å². The summed E-state index contributed by atoms with van der Waals surface area (Å²) >= 11 is 1.31. The number of ether oxygens (including phenoxy) is 1. The van der Waals surface area contributed by atoms with E-state index in [9.17, 15) is 9.18 Å². The zero-order valence-corrected chi connectivity index (χ0v) is 18.4. The predicted molar refractivity (Wildman–Crippen MR) is 124 cm³/mol. The lowest BCUT2D eigenvalue weighted by Gasteiger charge is -2.07. The molecule has 0 aliphatic rings. The summed E-state index contributed by atoms with van der Waals surface area (Å²) in [6.07, 6.45) is 0. The van der Waals surface area contributed by atoms with E-state index in [4.69, 9.17) is 9.26 Å². The summed E-state index contributed by atoms with van der Waals surface area (Å²) in [6.45, 7) is 1.74. The van der Waals surface area contributed by atoms with E-state index in [1.165, 1.54) is 23.5 Å². The third-order valence-electron chi connectivity index (χ3n) is 5.11. The molecule has 3 heterocycles. The normalized spacial score (nSPS) is 11.0. The van der Waals surface area contributed by atoms with Crippen LogP contribution in [0.4, 0.5) is 9.52 Å². The van der Waals surface area contributed by atoms with Crippen molar-refractivity contribution in [3.8, 4) is 28.3 Å². The van der Waals surface area contributed by atoms with Gasteiger partial charge in [0.05, 0.1) is 35.1 Å². The van der Waals surface area contributed by atoms with Crippen molar-refractivity contribution in [2.45, 2.75) is 6.92 Å². The van der Waals surface area contributed by atoms with Crippen LogP contribution in [-0.4, -0.2) is 28.1 Å². The van der Waals surface area contributed by atoms with Gasteiger partial charge >= 0.3 is 0 Å². The van der Waals surface area contributed by atoms with Crippen molar-refractivity contribution < 1.29 is 18.4 Å². The van der Waals surface area contributed by atoms with Gasteiger partial charge in [0.25, 0.3) is 11.6 Å². The Bertz CT molecular complexity index is 1480. The molecule has 0 aliphatic carbocycles. The van der Waals surface area contributed by atoms with E-state index < -0.39 is 0 Å². The van der Waals surface area contributed by atoms with Gasteiger partial charge in [0.2, 0.25) is 0 Å². The molecule has 0 aliphatic heterocycles. The van der Waals surface area contributed by atoms with Crippen molar-refractivity contribution in [2.75, 3.05) is 12.4 Å². The van der Waals surface area contributed by atoms with Gasteiger partial charge in [-0.3, -0.25) is 10.1 Å². The highest BCUT2D eigenvalue weighted by molar-refractivity contribution is 7.14. The highest BCUT2D eigenvalue weighted by Gasteiger charge is 2.21. The molecule has 2 aromatic carbocycles. The molecule has 3 aromatic heterocycles. The van der Waals surface area contributed by atoms with Gasteiger partial charge in [-0.2, -0.15) is 0 Å². The largest absolute Gasteiger partial charge is 0.496 e. The molecule has 0 saturated carbocycles. The van der Waals surface area contributed by atoms with Crippen LogP contribution in [0.1, 0.15) is 16.1 Å². The minimum Gasteiger partial charge on any atom is -0.496 e. The fourth-order valence-electron chi connectivity index (χ4n) is 3.52. The topological polar surface area (TPSA) is 90.1 Å². The number of aryl methyl sites for hydroxylation is 1. The number of carbonyl (C=O) groups excluding carboxylic acids is 1. The molecule has 33 heavy (non-hydrogen) atoms. The number of hydrogen-bond donors (Lipinski definition) is 1. The van der Waals surface area contributed by atoms with Crippen LogP contribution < -0.4 is 10.1 Å². The number of pyridine rings is 1. The third-order valence-corrected chi connectivity index (χ3v) is 5.87. The summed E-state index contributed by atoms with van der Waals surface area (Å²) in [5.74, 6) is -0.0403. The van der Waals surface area contributed by atoms with Crippen LogP contribution in [0, 0.1) is 12.7 Å². The molecule has 1 N–H and O–H groups in total. The minimum atomic E-state index is -0.377. The first-order chi connectivity index (χ1) is 16.0. The van der Waals surface area contributed by atoms with Crippen molar-refractivity contribution in [3.05, 3.63) is 77.1 Å². The van der Waals surface area contributed by atoms with E-state index in [-0.39, 0.29) is 17.4 Å². The maximum Gasteiger partial charge on any atom is 0.259 e. The first-order valence-electron chi connectivity index (χ1n) is 9.96. The Kier molecular flexibility index (Phi) is 5.31. The Morgan fingerprint density at radius 2 is 1.88 bits per heavy atom. The average molecular weight is 460 g/mol. The molecule has 0 fully saturated rings. The van der Waals surface area contributed by atoms with E-state index in [0.29, 0.717) is 44.5 Å². The van der Waals surface area contributed by atoms with Crippen molar-refractivity contribution >= 4 is 33.5 Å². The van der Waals surface area contributed by atoms with Gasteiger partial charge in [-0.1, -0.05) is 17.3 Å². The summed E-state index contributed by atoms with van der Waals surface area (Å²) in [5.41, 5.74) is 3.76. The number of halogens is 1. The zero-order valence-electron chi connectivity index (χ0n) is 17.6. The molecule has 1 amide bonds. The van der Waals surface area contributed by atoms with Crippen LogP contribution in [0.2, 0.25) is 0 Å². The van der Waals surface area contributed by atoms with E-state index in [1.54, 1.807) is 32.2 Å². The number of anilines is 1. The molecule has 0 radical (unpaired) electrons. The van der Waals surface area contributed by atoms with Gasteiger partial charge in [-0.25, -0.2) is 14.4 Å². The van der Waals surface area contributed by atoms with E-state index in [1.807, 2.05) is 29.6 Å². The van der Waals surface area contributed by atoms with Crippen LogP contribution in [-0.2, 0) is 0 Å². The monoisotopic (exact) mass is 460 g/mol. The molecular formula is C24H17FN4O3S. The standard InChI is InChI=1S/C24H17FN4O3S/c1-13-21-17(11-18(26-23(21)32-29-13)14-7-9-15(25)10-8-14)22(30)28-24-27-19(12-33-24)16-5-3-4-6-20(16)31-2/h3-12H,1-2H3,(H,27,28,30). The van der Waals surface area contributed by atoms with Gasteiger partial charge in [-0.15, -0.1) is 11.3 Å². The summed E-state index contributed by atoms with van der Waals surface area (Å²) in [4.78, 5) is 22.3. The van der Waals surface area contributed by atoms with Gasteiger partial charge in [0.15, 0.2) is 5.13 Å². The number of nitrogens with one attached hydrogen (secondary N) is 1. The third kappa shape index (κ3) is 3.94. The van der Waals surface area contributed by atoms with Gasteiger partial charge < -0.3 is 9.26 Å². The van der Waals surface area contributed by atoms with Gasteiger partial charge in [0, 0.05) is 16.5 Å². The second-order valence-electron chi connectivity index (χ2n) is 7.20. The van der Waals surface area contributed by atoms with Gasteiger partial charge in [-0.05, 0) is 49.4 Å². The molecule has 0 bridgehead atoms. The van der Waals surface area contributed by atoms with Crippen molar-refractivity contribution in [1.29, 1.82) is 0 Å². The molecule has 5 aromatic rings. The highest BCUT2D eigenvalue weighted by atomic mass is 32.1. The van der Waals surface area contributed by atoms with Crippen molar-refractivity contribution in [1.82, 2.24) is 15.1 Å². The number of methoxy groups -OCH3 is 1. The molecule has 9 heteroatoms. The molecule has 0 saturated heterocycles. The SMILES string of the molecule is COc1ccccc1-c1csc(NC(=O)c2cc(-c3ccc(F)cc3)nc3onc(C)c23)n1. The van der Waals surface area contributed by atoms with E-state index in [0.717, 1.165) is 5.56 Å². The summed E-state index contributed by atoms with van der Waals surface area (Å²) < 4.78 is 24.1. The number of para-hydroxylation sites is 1. The van der Waals surface area contributed by atoms with E-state index in [2.05, 4.69) is 20.4 Å². The lowest BCUT2D eigenvalue weighted by Crippen LogP contribution is -2.13. The second-order valence-corrected chi connectivity index (χ2v) is 8.06. The summed E-state index contributed by atoms with van der Waals surface area (Å²) in [6, 6.07) is 15.0. The molecule has 164 valence electrons. The predicted octanol–water partition coefficient (Wildman–Crippen LogP) is 5.72. The smallest absolute Gasteiger partial charge is 0.259 e. The zero-order chi connectivity index (χ0) is 22.9. The fourth-order valence-corrected chi connectivity index (χ4v) is 4.22. The van der Waals surface area contributed by atoms with Crippen LogP contribution in [0.25, 0.3) is 33.6 Å². The number of rotatable bonds is 5. The molecular weight excluding hydrogens is 443 g/mol. The molecule has 0 unspecified atom stereocenters. The summed E-state index contributed by atoms with van der Waals surface area (Å²) in [7, 11) is 1.60. The Morgan fingerprint density at radius 1 is 1.09 bits per heavy atom. The Hall–Kier alpha value is -4.11. The minimum absolute atomic E-state index is 0.230. The van der Waals surface area contributed by atoms with Crippen molar-refractivity contribution in [3.63, 3.8) is 0 Å². The highest BCUT2D eigenvalue weighted by Crippen LogP contribution is 2.33. The average Bonchev–Trinajstić information content (AvgIpc) is 3.45. The maximum absolute atomic E-state index is 13.4. The van der Waals surface area contributed by atoms with E-state index >= 15 is 0 Å². The number of hydrogen-bond acceptors (Lipinski definition) is 7. The van der Waals surface area contributed by atoms with Crippen molar-refractivity contribution in [2.24, 2.45) is 0 Å². The summed E-state index contributed by atoms with van der Waals surface area (Å²) in [5, 5.41) is 9.61. The second kappa shape index (κ2) is 8.44. The number of aromatic nitrogens is 3. The fraction of sp³-hybridized carbons (Fsp3) is 0.0833. The van der Waals surface area contributed by atoms with Gasteiger partial charge in [0.1, 0.15) is 11.6 Å². The lowest BCUT2D eigenvalue weighted by molar-refractivity contribution is 0.102. The molecule has 5 rings (SSSR count). The molecule has 0 spiro atoms. The number of amides is 1. The number of thiazole rings is 1. The maximum atomic E-state index is 13.4. The Labute approximate surface area is 191 Å². The Morgan fingerprint density at radius 3 is 2.67 bits per heavy atom. The van der Waals surface area contributed by atoms with Crippen LogP contribution in [0.5, 0.6) is 5.75 Å². The first-order valence-corrected chi connectivity index (χ1v) is 10.8. The molecule has 7 nitrogen and oxygen atoms in total. The number of nitrogens with zero attached hydrogens (tertiary/aromatic N) is 3. The number of benzene rings is 2. The van der Waals surface area contributed by atoms with Crippen LogP contribution in [0.3, 0.4) is 0 Å². The van der Waals surface area contributed by atoms with Crippen LogP contribution >= 0.6 is 11.3 Å². The first kappa shape index (κ1) is 20.8. The number of carbonyl (C=O) groups is 1. The number of fused-ring (bicyclic) bond motifs is 1. The quantitative estimate of drug-likeness (QED) is 0.361. The molecule has 0 atom stereocenters.